The second-order valence-electron chi connectivity index (χ2n) is 8.70. The van der Waals surface area contributed by atoms with Gasteiger partial charge < -0.3 is 9.88 Å². The minimum Gasteiger partial charge on any atom is -0.310 e. The van der Waals surface area contributed by atoms with Gasteiger partial charge >= 0.3 is 0 Å². The van der Waals surface area contributed by atoms with Gasteiger partial charge in [0.25, 0.3) is 0 Å². The smallest absolute Gasteiger partial charge is 0.238 e. The lowest BCUT2D eigenvalue weighted by molar-refractivity contribution is -0.115. The average molecular weight is 427 g/mol. The maximum atomic E-state index is 12.7. The fourth-order valence-electron chi connectivity index (χ4n) is 3.05. The number of thioether (sulfide) groups is 1. The van der Waals surface area contributed by atoms with Gasteiger partial charge in [-0.15, -0.1) is 10.2 Å². The number of nitrogens with zero attached hydrogens (tertiary/aromatic N) is 5. The van der Waals surface area contributed by atoms with Gasteiger partial charge in [0.1, 0.15) is 5.82 Å². The molecule has 3 rings (SSSR count). The van der Waals surface area contributed by atoms with Crippen LogP contribution in [0.2, 0.25) is 0 Å². The summed E-state index contributed by atoms with van der Waals surface area (Å²) in [5.74, 6) is 1.38. The summed E-state index contributed by atoms with van der Waals surface area (Å²) >= 11 is 1.38. The monoisotopic (exact) mass is 426 g/mol. The molecular formula is C22H30N6OS. The van der Waals surface area contributed by atoms with E-state index < -0.39 is 0 Å². The van der Waals surface area contributed by atoms with E-state index in [-0.39, 0.29) is 22.6 Å². The van der Waals surface area contributed by atoms with Crippen molar-refractivity contribution in [1.29, 1.82) is 0 Å². The summed E-state index contributed by atoms with van der Waals surface area (Å²) < 4.78 is 3.72. The number of amides is 1. The van der Waals surface area contributed by atoms with Crippen LogP contribution in [0.1, 0.15) is 53.1 Å². The molecule has 0 saturated carbocycles. The van der Waals surface area contributed by atoms with Gasteiger partial charge in [0.2, 0.25) is 5.91 Å². The van der Waals surface area contributed by atoms with Gasteiger partial charge in [0.05, 0.1) is 11.4 Å². The largest absolute Gasteiger partial charge is 0.310 e. The molecule has 2 heterocycles. The molecule has 0 fully saturated rings. The zero-order chi connectivity index (χ0) is 22.1. The summed E-state index contributed by atoms with van der Waals surface area (Å²) in [5, 5.41) is 16.2. The highest BCUT2D eigenvalue weighted by atomic mass is 32.2. The number of nitrogens with one attached hydrogen (secondary N) is 1. The standard InChI is InChI=1S/C22H30N6OS/c1-14(2)28-18(12-13-23-28)24-20(29)15(3)30-21-26-25-19(27(21)7)16-8-10-17(11-9-16)22(4,5)6/h8-15H,1-7H3,(H,24,29)/t15-/m0/s1. The quantitative estimate of drug-likeness (QED) is 0.579. The molecule has 1 N–H and O–H groups in total. The van der Waals surface area contributed by atoms with E-state index in [0.717, 1.165) is 11.4 Å². The molecule has 0 aliphatic rings. The van der Waals surface area contributed by atoms with Crippen LogP contribution in [-0.2, 0) is 17.3 Å². The average Bonchev–Trinajstić information content (AvgIpc) is 3.28. The van der Waals surface area contributed by atoms with E-state index in [9.17, 15) is 4.79 Å². The van der Waals surface area contributed by atoms with Crippen LogP contribution in [0.5, 0.6) is 0 Å². The third-order valence-electron chi connectivity index (χ3n) is 4.91. The number of hydrogen-bond acceptors (Lipinski definition) is 5. The molecule has 0 radical (unpaired) electrons. The maximum Gasteiger partial charge on any atom is 0.238 e. The Hall–Kier alpha value is -2.61. The minimum absolute atomic E-state index is 0.0959. The molecule has 0 aliphatic carbocycles. The van der Waals surface area contributed by atoms with Gasteiger partial charge in [-0.3, -0.25) is 4.79 Å². The second kappa shape index (κ2) is 8.63. The normalized spacial score (nSPS) is 12.9. The van der Waals surface area contributed by atoms with Crippen molar-refractivity contribution in [2.75, 3.05) is 5.32 Å². The first-order valence-electron chi connectivity index (χ1n) is 10.1. The van der Waals surface area contributed by atoms with Crippen LogP contribution >= 0.6 is 11.8 Å². The summed E-state index contributed by atoms with van der Waals surface area (Å²) in [7, 11) is 1.92. The van der Waals surface area contributed by atoms with E-state index in [1.807, 2.05) is 32.4 Å². The lowest BCUT2D eigenvalue weighted by atomic mass is 9.87. The molecule has 2 aromatic heterocycles. The number of hydrogen-bond donors (Lipinski definition) is 1. The van der Waals surface area contributed by atoms with E-state index in [4.69, 9.17) is 0 Å². The first-order chi connectivity index (χ1) is 14.1. The zero-order valence-electron chi connectivity index (χ0n) is 18.7. The minimum atomic E-state index is -0.334. The van der Waals surface area contributed by atoms with Gasteiger partial charge in [0, 0.05) is 24.7 Å². The Kier molecular flexibility index (Phi) is 6.36. The summed E-state index contributed by atoms with van der Waals surface area (Å²) in [6, 6.07) is 10.4. The molecule has 0 spiro atoms. The molecule has 0 unspecified atom stereocenters. The molecule has 0 aliphatic heterocycles. The van der Waals surface area contributed by atoms with Gasteiger partial charge in [-0.2, -0.15) is 5.10 Å². The SMILES string of the molecule is CC(C)n1nccc1NC(=O)[C@H](C)Sc1nnc(-c2ccc(C(C)(C)C)cc2)n1C. The van der Waals surface area contributed by atoms with Gasteiger partial charge in [-0.25, -0.2) is 4.68 Å². The Bertz CT molecular complexity index is 1010. The fourth-order valence-corrected chi connectivity index (χ4v) is 3.87. The van der Waals surface area contributed by atoms with Gasteiger partial charge in [-0.05, 0) is 31.7 Å². The van der Waals surface area contributed by atoms with Crippen molar-refractivity contribution >= 4 is 23.5 Å². The molecule has 8 heteroatoms. The van der Waals surface area contributed by atoms with E-state index in [1.165, 1.54) is 17.3 Å². The Morgan fingerprint density at radius 2 is 1.73 bits per heavy atom. The van der Waals surface area contributed by atoms with Gasteiger partial charge in [0.15, 0.2) is 11.0 Å². The summed E-state index contributed by atoms with van der Waals surface area (Å²) in [5.41, 5.74) is 2.38. The summed E-state index contributed by atoms with van der Waals surface area (Å²) in [6.45, 7) is 12.5. The van der Waals surface area contributed by atoms with Crippen molar-refractivity contribution in [3.63, 3.8) is 0 Å². The predicted molar refractivity (Wildman–Crippen MR) is 122 cm³/mol. The van der Waals surface area contributed by atoms with E-state index in [2.05, 4.69) is 65.6 Å². The van der Waals surface area contributed by atoms with Gasteiger partial charge in [-0.1, -0.05) is 56.8 Å². The Balaban J connectivity index is 1.71. The topological polar surface area (TPSA) is 77.6 Å². The molecule has 0 bridgehead atoms. The van der Waals surface area contributed by atoms with E-state index in [0.29, 0.717) is 11.0 Å². The number of aromatic nitrogens is 5. The van der Waals surface area contributed by atoms with E-state index in [1.54, 1.807) is 16.9 Å². The molecular weight excluding hydrogens is 396 g/mol. The van der Waals surface area contributed by atoms with Crippen molar-refractivity contribution < 1.29 is 4.79 Å². The summed E-state index contributed by atoms with van der Waals surface area (Å²) in [4.78, 5) is 12.7. The Morgan fingerprint density at radius 1 is 1.07 bits per heavy atom. The Morgan fingerprint density at radius 3 is 2.33 bits per heavy atom. The fraction of sp³-hybridized carbons (Fsp3) is 0.455. The number of benzene rings is 1. The molecule has 7 nitrogen and oxygen atoms in total. The molecule has 3 aromatic rings. The first kappa shape index (κ1) is 22.1. The van der Waals surface area contributed by atoms with Crippen LogP contribution in [0.15, 0.2) is 41.7 Å². The van der Waals surface area contributed by atoms with Crippen LogP contribution < -0.4 is 5.32 Å². The van der Waals surface area contributed by atoms with Crippen LogP contribution in [0, 0.1) is 0 Å². The summed E-state index contributed by atoms with van der Waals surface area (Å²) in [6.07, 6.45) is 1.69. The maximum absolute atomic E-state index is 12.7. The Labute approximate surface area is 182 Å². The van der Waals surface area contributed by atoms with Crippen LogP contribution in [0.4, 0.5) is 5.82 Å². The third kappa shape index (κ3) is 4.75. The van der Waals surface area contributed by atoms with Crippen molar-refractivity contribution in [2.45, 2.75) is 63.4 Å². The molecule has 1 aromatic carbocycles. The van der Waals surface area contributed by atoms with Crippen molar-refractivity contribution in [1.82, 2.24) is 24.5 Å². The number of carbonyl (C=O) groups is 1. The van der Waals surface area contributed by atoms with Crippen molar-refractivity contribution in [3.05, 3.63) is 42.1 Å². The molecule has 160 valence electrons. The van der Waals surface area contributed by atoms with Crippen molar-refractivity contribution in [3.8, 4) is 11.4 Å². The lowest BCUT2D eigenvalue weighted by Gasteiger charge is -2.19. The van der Waals surface area contributed by atoms with Crippen LogP contribution in [-0.4, -0.2) is 35.7 Å². The van der Waals surface area contributed by atoms with Crippen molar-refractivity contribution in [2.24, 2.45) is 7.05 Å². The highest BCUT2D eigenvalue weighted by Crippen LogP contribution is 2.28. The molecule has 1 amide bonds. The third-order valence-corrected chi connectivity index (χ3v) is 6.04. The van der Waals surface area contributed by atoms with Crippen LogP contribution in [0.3, 0.4) is 0 Å². The number of anilines is 1. The second-order valence-corrected chi connectivity index (χ2v) is 10.0. The lowest BCUT2D eigenvalue weighted by Crippen LogP contribution is -2.25. The zero-order valence-corrected chi connectivity index (χ0v) is 19.5. The predicted octanol–water partition coefficient (Wildman–Crippen LogP) is 4.68. The molecule has 1 atom stereocenters. The first-order valence-corrected chi connectivity index (χ1v) is 11.0. The number of rotatable bonds is 6. The molecule has 30 heavy (non-hydrogen) atoms. The highest BCUT2D eigenvalue weighted by Gasteiger charge is 2.21. The van der Waals surface area contributed by atoms with Crippen LogP contribution in [0.25, 0.3) is 11.4 Å². The van der Waals surface area contributed by atoms with E-state index >= 15 is 0 Å². The molecule has 0 saturated heterocycles. The highest BCUT2D eigenvalue weighted by molar-refractivity contribution is 8.00. The number of carbonyl (C=O) groups excluding carboxylic acids is 1.